The maximum Gasteiger partial charge on any atom is 0.432 e. The molecule has 0 radical (unpaired) electrons. The molecule has 0 atom stereocenters. The second-order valence-electron chi connectivity index (χ2n) is 9.71. The summed E-state index contributed by atoms with van der Waals surface area (Å²) < 4.78 is 134. The maximum atomic E-state index is 15.0. The van der Waals surface area contributed by atoms with Gasteiger partial charge in [-0.1, -0.05) is 42.5 Å². The van der Waals surface area contributed by atoms with Gasteiger partial charge in [-0.25, -0.2) is 30.7 Å². The molecule has 0 saturated heterocycles. The molecular weight excluding hydrogens is 595 g/mol. The minimum atomic E-state index is -4.67. The van der Waals surface area contributed by atoms with Crippen molar-refractivity contribution >= 4 is 0 Å². The average Bonchev–Trinajstić information content (AvgIpc) is 2.95. The lowest BCUT2D eigenvalue weighted by molar-refractivity contribution is -0.189. The first-order chi connectivity index (χ1) is 20.9. The molecule has 10 heteroatoms. The Labute approximate surface area is 245 Å². The largest absolute Gasteiger partial charge is 0.432 e. The lowest BCUT2D eigenvalue weighted by atomic mass is 9.97. The Hall–Kier alpha value is -4.99. The quantitative estimate of drug-likeness (QED) is 0.0960. The minimum Gasteiger partial charge on any atom is -0.429 e. The standard InChI is InChI=1S/C34H19F9O/c1-2-3-18-4-6-19(7-5-18)20-8-10-24(26(35)12-20)21-13-28(37)32(29(38)14-21)34(42,43)44-23-9-11-25(27(36)17-23)22-15-30(39)33(41)31(40)16-22/h2,4-17H,1,3H2. The third-order valence-electron chi connectivity index (χ3n) is 6.76. The monoisotopic (exact) mass is 614 g/mol. The normalized spacial score (nSPS) is 11.5. The van der Waals surface area contributed by atoms with Crippen molar-refractivity contribution < 1.29 is 44.3 Å². The summed E-state index contributed by atoms with van der Waals surface area (Å²) in [6, 6.07) is 15.1. The SMILES string of the molecule is C=CCc1ccc(-c2ccc(-c3cc(F)c(C(F)(F)Oc4ccc(-c5cc(F)c(F)c(F)c5)c(F)c4)c(F)c3)c(F)c2)cc1. The van der Waals surface area contributed by atoms with Crippen molar-refractivity contribution in [3.63, 3.8) is 0 Å². The predicted molar refractivity (Wildman–Crippen MR) is 147 cm³/mol. The van der Waals surface area contributed by atoms with Crippen LogP contribution in [-0.4, -0.2) is 0 Å². The van der Waals surface area contributed by atoms with Gasteiger partial charge in [0.05, 0.1) is 0 Å². The molecule has 5 aromatic rings. The van der Waals surface area contributed by atoms with E-state index in [-0.39, 0.29) is 11.1 Å². The van der Waals surface area contributed by atoms with Gasteiger partial charge in [-0.2, -0.15) is 8.78 Å². The Kier molecular flexibility index (Phi) is 8.27. The number of halogens is 9. The number of benzene rings is 5. The summed E-state index contributed by atoms with van der Waals surface area (Å²) in [5, 5.41) is 0. The number of ether oxygens (including phenoxy) is 1. The van der Waals surface area contributed by atoms with Crippen molar-refractivity contribution in [2.24, 2.45) is 0 Å². The molecule has 44 heavy (non-hydrogen) atoms. The zero-order valence-electron chi connectivity index (χ0n) is 22.4. The van der Waals surface area contributed by atoms with Crippen LogP contribution in [-0.2, 0) is 12.5 Å². The van der Waals surface area contributed by atoms with E-state index in [2.05, 4.69) is 11.3 Å². The highest BCUT2D eigenvalue weighted by atomic mass is 19.3. The van der Waals surface area contributed by atoms with E-state index in [1.54, 1.807) is 18.2 Å². The van der Waals surface area contributed by atoms with Crippen molar-refractivity contribution in [1.29, 1.82) is 0 Å². The molecule has 0 aliphatic carbocycles. The zero-order valence-corrected chi connectivity index (χ0v) is 22.4. The van der Waals surface area contributed by atoms with E-state index in [4.69, 9.17) is 0 Å². The first-order valence-corrected chi connectivity index (χ1v) is 12.9. The number of allylic oxidation sites excluding steroid dienone is 1. The van der Waals surface area contributed by atoms with E-state index in [0.29, 0.717) is 47.9 Å². The van der Waals surface area contributed by atoms with Crippen LogP contribution in [0.5, 0.6) is 5.75 Å². The molecule has 0 unspecified atom stereocenters. The number of hydrogen-bond acceptors (Lipinski definition) is 1. The first-order valence-electron chi connectivity index (χ1n) is 12.9. The highest BCUT2D eigenvalue weighted by molar-refractivity contribution is 5.72. The van der Waals surface area contributed by atoms with Gasteiger partial charge in [0, 0.05) is 17.2 Å². The topological polar surface area (TPSA) is 9.23 Å². The Balaban J connectivity index is 1.40. The van der Waals surface area contributed by atoms with Crippen molar-refractivity contribution in [1.82, 2.24) is 0 Å². The van der Waals surface area contributed by atoms with Crippen molar-refractivity contribution in [3.8, 4) is 39.1 Å². The van der Waals surface area contributed by atoms with Crippen LogP contribution in [0.25, 0.3) is 33.4 Å². The summed E-state index contributed by atoms with van der Waals surface area (Å²) in [4.78, 5) is 0. The van der Waals surface area contributed by atoms with Crippen LogP contribution in [0.1, 0.15) is 11.1 Å². The molecule has 0 aromatic heterocycles. The molecule has 0 aliphatic rings. The number of alkyl halides is 2. The van der Waals surface area contributed by atoms with Crippen molar-refractivity contribution in [2.45, 2.75) is 12.5 Å². The van der Waals surface area contributed by atoms with Gasteiger partial charge in [0.15, 0.2) is 17.5 Å². The average molecular weight is 615 g/mol. The van der Waals surface area contributed by atoms with Crippen LogP contribution in [0.4, 0.5) is 39.5 Å². The van der Waals surface area contributed by atoms with Crippen LogP contribution in [0.15, 0.2) is 97.6 Å². The van der Waals surface area contributed by atoms with Gasteiger partial charge in [-0.15, -0.1) is 6.58 Å². The Morgan fingerprint density at radius 2 is 1.02 bits per heavy atom. The summed E-state index contributed by atoms with van der Waals surface area (Å²) >= 11 is 0. The van der Waals surface area contributed by atoms with Crippen LogP contribution in [0.2, 0.25) is 0 Å². The van der Waals surface area contributed by atoms with E-state index < -0.39 is 69.3 Å². The number of hydrogen-bond donors (Lipinski definition) is 0. The summed E-state index contributed by atoms with van der Waals surface area (Å²) in [7, 11) is 0. The minimum absolute atomic E-state index is 0.253. The second-order valence-corrected chi connectivity index (χ2v) is 9.71. The van der Waals surface area contributed by atoms with Gasteiger partial charge in [0.2, 0.25) is 0 Å². The van der Waals surface area contributed by atoms with Crippen molar-refractivity contribution in [2.75, 3.05) is 0 Å². The van der Waals surface area contributed by atoms with Gasteiger partial charge >= 0.3 is 6.11 Å². The van der Waals surface area contributed by atoms with Gasteiger partial charge in [0.1, 0.15) is 34.6 Å². The van der Waals surface area contributed by atoms with Crippen molar-refractivity contribution in [3.05, 3.63) is 149 Å². The van der Waals surface area contributed by atoms with Gasteiger partial charge in [0.25, 0.3) is 0 Å². The fourth-order valence-electron chi connectivity index (χ4n) is 4.64. The smallest absolute Gasteiger partial charge is 0.429 e. The van der Waals surface area contributed by atoms with E-state index in [1.807, 2.05) is 12.1 Å². The molecule has 1 nitrogen and oxygen atoms in total. The maximum absolute atomic E-state index is 15.0. The van der Waals surface area contributed by atoms with Crippen LogP contribution < -0.4 is 4.74 Å². The lowest BCUT2D eigenvalue weighted by Gasteiger charge is -2.20. The van der Waals surface area contributed by atoms with E-state index in [9.17, 15) is 35.1 Å². The lowest BCUT2D eigenvalue weighted by Crippen LogP contribution is -2.25. The third kappa shape index (κ3) is 6.06. The number of rotatable bonds is 8. The van der Waals surface area contributed by atoms with Gasteiger partial charge in [-0.3, -0.25) is 0 Å². The summed E-state index contributed by atoms with van der Waals surface area (Å²) in [5.74, 6) is -11.6. The third-order valence-corrected chi connectivity index (χ3v) is 6.76. The molecule has 0 spiro atoms. The summed E-state index contributed by atoms with van der Waals surface area (Å²) in [6.45, 7) is 3.67. The zero-order chi connectivity index (χ0) is 31.8. The molecule has 5 aromatic carbocycles. The van der Waals surface area contributed by atoms with E-state index >= 15 is 4.39 Å². The Morgan fingerprint density at radius 3 is 1.55 bits per heavy atom. The molecule has 0 heterocycles. The Bertz CT molecular complexity index is 1840. The Morgan fingerprint density at radius 1 is 0.545 bits per heavy atom. The van der Waals surface area contributed by atoms with Gasteiger partial charge in [-0.05, 0) is 76.7 Å². The predicted octanol–water partition coefficient (Wildman–Crippen LogP) is 10.5. The molecule has 0 N–H and O–H groups in total. The molecular formula is C34H19F9O. The fraction of sp³-hybridized carbons (Fsp3) is 0.0588. The highest BCUT2D eigenvalue weighted by Crippen LogP contribution is 2.39. The first kappa shape index (κ1) is 30.5. The van der Waals surface area contributed by atoms with E-state index in [0.717, 1.165) is 23.8 Å². The van der Waals surface area contributed by atoms with Crippen LogP contribution in [0, 0.1) is 40.7 Å². The molecule has 0 amide bonds. The van der Waals surface area contributed by atoms with Crippen LogP contribution >= 0.6 is 0 Å². The molecule has 0 bridgehead atoms. The molecule has 0 aliphatic heterocycles. The van der Waals surface area contributed by atoms with E-state index in [1.165, 1.54) is 12.1 Å². The van der Waals surface area contributed by atoms with Gasteiger partial charge < -0.3 is 4.74 Å². The molecule has 0 saturated carbocycles. The summed E-state index contributed by atoms with van der Waals surface area (Å²) in [5.41, 5.74) is -1.21. The molecule has 0 fully saturated rings. The molecule has 5 rings (SSSR count). The molecule has 224 valence electrons. The van der Waals surface area contributed by atoms with Crippen LogP contribution in [0.3, 0.4) is 0 Å². The highest BCUT2D eigenvalue weighted by Gasteiger charge is 2.41. The summed E-state index contributed by atoms with van der Waals surface area (Å²) in [6.07, 6.45) is -2.29. The second kappa shape index (κ2) is 11.9. The fourth-order valence-corrected chi connectivity index (χ4v) is 4.64.